The number of hydrogen-bond acceptors (Lipinski definition) is 0. The van der Waals surface area contributed by atoms with Gasteiger partial charge in [0.2, 0.25) is 0 Å². The highest BCUT2D eigenvalue weighted by Crippen LogP contribution is 2.43. The fraction of sp³-hybridized carbons (Fsp3) is 0.722. The van der Waals surface area contributed by atoms with E-state index in [0.717, 1.165) is 0 Å². The van der Waals surface area contributed by atoms with Crippen molar-refractivity contribution in [3.05, 3.63) is 51.2 Å². The lowest BCUT2D eigenvalue weighted by atomic mass is 10.0. The van der Waals surface area contributed by atoms with E-state index in [9.17, 15) is 0 Å². The maximum Gasteiger partial charge on any atom is 0.111 e. The van der Waals surface area contributed by atoms with Crippen LogP contribution in [0.25, 0.3) is 0 Å². The van der Waals surface area contributed by atoms with Gasteiger partial charge in [0.1, 0.15) is 8.07 Å². The van der Waals surface area contributed by atoms with Gasteiger partial charge in [0.15, 0.2) is 0 Å². The SMILES string of the molecule is CCCCCCCCCCCCCCCCCC[Si](C)(C1=C(C)C(C)=C(C)C1C)c1cc(C)cc(C)c1. The van der Waals surface area contributed by atoms with Crippen LogP contribution in [-0.4, -0.2) is 8.07 Å². The maximum absolute atomic E-state index is 2.69. The Morgan fingerprint density at radius 3 is 1.35 bits per heavy atom. The molecular weight excluding hydrogens is 460 g/mol. The smallest absolute Gasteiger partial charge is 0.0660 e. The second-order valence-corrected chi connectivity index (χ2v) is 17.1. The average Bonchev–Trinajstić information content (AvgIpc) is 3.05. The summed E-state index contributed by atoms with van der Waals surface area (Å²) >= 11 is 0. The molecule has 2 atom stereocenters. The summed E-state index contributed by atoms with van der Waals surface area (Å²) in [7, 11) is -1.73. The Morgan fingerprint density at radius 1 is 0.568 bits per heavy atom. The second-order valence-electron chi connectivity index (χ2n) is 12.8. The Kier molecular flexibility index (Phi) is 14.6. The van der Waals surface area contributed by atoms with Crippen LogP contribution < -0.4 is 5.19 Å². The van der Waals surface area contributed by atoms with Gasteiger partial charge in [-0.1, -0.05) is 174 Å². The number of aryl methyl sites for hydroxylation is 2. The fourth-order valence-corrected chi connectivity index (χ4v) is 12.1. The van der Waals surface area contributed by atoms with Crippen LogP contribution in [0.1, 0.15) is 148 Å². The van der Waals surface area contributed by atoms with Gasteiger partial charge in [0.05, 0.1) is 0 Å². The highest BCUT2D eigenvalue weighted by molar-refractivity contribution is 6.97. The van der Waals surface area contributed by atoms with Crippen molar-refractivity contribution in [2.24, 2.45) is 5.92 Å². The number of allylic oxidation sites excluding steroid dienone is 4. The predicted octanol–water partition coefficient (Wildman–Crippen LogP) is 11.7. The van der Waals surface area contributed by atoms with E-state index in [4.69, 9.17) is 0 Å². The summed E-state index contributed by atoms with van der Waals surface area (Å²) in [6.45, 7) is 19.2. The summed E-state index contributed by atoms with van der Waals surface area (Å²) in [5.41, 5.74) is 7.67. The molecule has 1 aromatic carbocycles. The summed E-state index contributed by atoms with van der Waals surface area (Å²) in [5, 5.41) is 3.50. The second kappa shape index (κ2) is 16.8. The van der Waals surface area contributed by atoms with Crippen LogP contribution in [0.4, 0.5) is 0 Å². The zero-order valence-electron chi connectivity index (χ0n) is 26.3. The summed E-state index contributed by atoms with van der Waals surface area (Å²) in [6, 6.07) is 8.82. The molecule has 0 amide bonds. The van der Waals surface area contributed by atoms with Crippen molar-refractivity contribution in [1.82, 2.24) is 0 Å². The van der Waals surface area contributed by atoms with Gasteiger partial charge in [0, 0.05) is 0 Å². The highest BCUT2D eigenvalue weighted by atomic mass is 28.3. The van der Waals surface area contributed by atoms with E-state index >= 15 is 0 Å². The Morgan fingerprint density at radius 2 is 0.973 bits per heavy atom. The van der Waals surface area contributed by atoms with Gasteiger partial charge in [0.25, 0.3) is 0 Å². The van der Waals surface area contributed by atoms with Crippen LogP contribution >= 0.6 is 0 Å². The predicted molar refractivity (Wildman–Crippen MR) is 172 cm³/mol. The summed E-state index contributed by atoms with van der Waals surface area (Å²) < 4.78 is 0. The van der Waals surface area contributed by atoms with Crippen molar-refractivity contribution in [1.29, 1.82) is 0 Å². The molecule has 1 aliphatic rings. The molecule has 0 nitrogen and oxygen atoms in total. The van der Waals surface area contributed by atoms with E-state index in [1.807, 2.05) is 5.20 Å². The molecule has 210 valence electrons. The van der Waals surface area contributed by atoms with E-state index in [0.29, 0.717) is 5.92 Å². The minimum atomic E-state index is -1.73. The average molecular weight is 523 g/mol. The van der Waals surface area contributed by atoms with Crippen molar-refractivity contribution in [2.45, 2.75) is 164 Å². The van der Waals surface area contributed by atoms with Crippen LogP contribution in [0.15, 0.2) is 40.1 Å². The Balaban J connectivity index is 1.74. The fourth-order valence-electron chi connectivity index (χ4n) is 7.01. The first-order valence-electron chi connectivity index (χ1n) is 16.2. The largest absolute Gasteiger partial charge is 0.111 e. The molecule has 2 unspecified atom stereocenters. The molecule has 0 saturated carbocycles. The zero-order chi connectivity index (χ0) is 27.3. The monoisotopic (exact) mass is 522 g/mol. The zero-order valence-corrected chi connectivity index (χ0v) is 27.3. The van der Waals surface area contributed by atoms with Crippen LogP contribution in [0.3, 0.4) is 0 Å². The molecule has 37 heavy (non-hydrogen) atoms. The van der Waals surface area contributed by atoms with Crippen molar-refractivity contribution in [3.8, 4) is 0 Å². The topological polar surface area (TPSA) is 0 Å². The van der Waals surface area contributed by atoms with Crippen LogP contribution in [0.2, 0.25) is 12.6 Å². The van der Waals surface area contributed by atoms with Crippen molar-refractivity contribution in [2.75, 3.05) is 0 Å². The third kappa shape index (κ3) is 9.87. The van der Waals surface area contributed by atoms with Gasteiger partial charge >= 0.3 is 0 Å². The molecule has 0 bridgehead atoms. The Labute approximate surface area is 233 Å². The molecule has 1 heteroatoms. The number of unbranched alkanes of at least 4 members (excludes halogenated alkanes) is 15. The first-order valence-corrected chi connectivity index (χ1v) is 18.9. The minimum Gasteiger partial charge on any atom is -0.0660 e. The first kappa shape index (κ1) is 32.1. The Bertz CT molecular complexity index is 852. The molecule has 0 saturated heterocycles. The van der Waals surface area contributed by atoms with Gasteiger partial charge in [-0.15, -0.1) is 0 Å². The van der Waals surface area contributed by atoms with E-state index in [-0.39, 0.29) is 0 Å². The van der Waals surface area contributed by atoms with Crippen LogP contribution in [0, 0.1) is 19.8 Å². The quantitative estimate of drug-likeness (QED) is 0.125. The van der Waals surface area contributed by atoms with Gasteiger partial charge in [-0.2, -0.15) is 0 Å². The van der Waals surface area contributed by atoms with Crippen molar-refractivity contribution < 1.29 is 0 Å². The molecule has 0 spiro atoms. The van der Waals surface area contributed by atoms with Gasteiger partial charge in [-0.3, -0.25) is 0 Å². The van der Waals surface area contributed by atoms with Crippen molar-refractivity contribution >= 4 is 13.3 Å². The maximum atomic E-state index is 2.69. The van der Waals surface area contributed by atoms with Gasteiger partial charge < -0.3 is 0 Å². The molecule has 0 aromatic heterocycles. The third-order valence-electron chi connectivity index (χ3n) is 9.62. The lowest BCUT2D eigenvalue weighted by Crippen LogP contribution is -2.49. The molecule has 0 heterocycles. The highest BCUT2D eigenvalue weighted by Gasteiger charge is 2.40. The molecule has 1 aliphatic carbocycles. The number of hydrogen-bond donors (Lipinski definition) is 0. The molecule has 1 aromatic rings. The molecule has 0 N–H and O–H groups in total. The van der Waals surface area contributed by atoms with Gasteiger partial charge in [-0.05, 0) is 52.2 Å². The molecule has 0 aliphatic heterocycles. The molecule has 0 fully saturated rings. The van der Waals surface area contributed by atoms with E-state index < -0.39 is 8.07 Å². The van der Waals surface area contributed by atoms with Gasteiger partial charge in [-0.25, -0.2) is 0 Å². The number of rotatable bonds is 19. The van der Waals surface area contributed by atoms with E-state index in [2.05, 4.69) is 73.2 Å². The van der Waals surface area contributed by atoms with Crippen LogP contribution in [0.5, 0.6) is 0 Å². The van der Waals surface area contributed by atoms with Crippen LogP contribution in [-0.2, 0) is 0 Å². The lowest BCUT2D eigenvalue weighted by Gasteiger charge is -2.35. The number of benzene rings is 1. The summed E-state index contributed by atoms with van der Waals surface area (Å²) in [4.78, 5) is 0. The lowest BCUT2D eigenvalue weighted by molar-refractivity contribution is 0.531. The third-order valence-corrected chi connectivity index (χ3v) is 14.5. The minimum absolute atomic E-state index is 0.624. The van der Waals surface area contributed by atoms with E-state index in [1.165, 1.54) is 120 Å². The van der Waals surface area contributed by atoms with E-state index in [1.54, 1.807) is 21.9 Å². The molecule has 2 rings (SSSR count). The standard InChI is InChI=1S/C36H62Si/c1-9-10-11-12-13-14-15-16-17-18-19-20-21-22-23-24-25-37(8,35-27-29(2)26-30(3)28-35)36-33(6)31(4)32(5)34(36)7/h26-28,33H,9-25H2,1-8H3. The summed E-state index contributed by atoms with van der Waals surface area (Å²) in [5.74, 6) is 0.624. The molecular formula is C36H62Si. The normalized spacial score (nSPS) is 17.7. The first-order chi connectivity index (χ1) is 17.7. The molecule has 0 radical (unpaired) electrons. The summed E-state index contributed by atoms with van der Waals surface area (Å²) in [6.07, 6.45) is 23.1. The Hall–Kier alpha value is -1.08. The van der Waals surface area contributed by atoms with Crippen molar-refractivity contribution in [3.63, 3.8) is 0 Å².